The average Bonchev–Trinajstić information content (AvgIpc) is 3.30. The van der Waals surface area contributed by atoms with Crippen molar-refractivity contribution in [2.45, 2.75) is 19.3 Å². The Labute approximate surface area is 174 Å². The molecule has 154 valence electrons. The van der Waals surface area contributed by atoms with Gasteiger partial charge in [0.05, 0.1) is 44.0 Å². The Morgan fingerprint density at radius 1 is 0.897 bits per heavy atom. The van der Waals surface area contributed by atoms with Gasteiger partial charge in [0.1, 0.15) is 0 Å². The van der Waals surface area contributed by atoms with Crippen LogP contribution in [-0.4, -0.2) is 50.3 Å². The van der Waals surface area contributed by atoms with E-state index in [0.717, 1.165) is 32.7 Å². The summed E-state index contributed by atoms with van der Waals surface area (Å²) in [5.74, 6) is -0.618. The van der Waals surface area contributed by atoms with Crippen molar-refractivity contribution >= 4 is 34.6 Å². The van der Waals surface area contributed by atoms with Crippen molar-refractivity contribution in [2.24, 2.45) is 0 Å². The third kappa shape index (κ3) is 6.69. The Bertz CT molecular complexity index is 803. The van der Waals surface area contributed by atoms with Crippen LogP contribution in [0.15, 0.2) is 47.8 Å². The highest BCUT2D eigenvalue weighted by Crippen LogP contribution is 2.13. The number of hydrogen-bond acceptors (Lipinski definition) is 5. The molecule has 2 aromatic rings. The van der Waals surface area contributed by atoms with E-state index >= 15 is 0 Å². The summed E-state index contributed by atoms with van der Waals surface area (Å²) in [5, 5.41) is 1.83. The molecule has 0 aliphatic carbocycles. The van der Waals surface area contributed by atoms with Crippen LogP contribution in [0.5, 0.6) is 0 Å². The van der Waals surface area contributed by atoms with Gasteiger partial charge in [-0.2, -0.15) is 0 Å². The number of carbonyl (C=O) groups is 3. The molecule has 7 nitrogen and oxygen atoms in total. The van der Waals surface area contributed by atoms with Gasteiger partial charge >= 0.3 is 0 Å². The third-order valence-corrected chi connectivity index (χ3v) is 5.92. The van der Waals surface area contributed by atoms with Crippen LogP contribution in [0.4, 0.5) is 5.69 Å². The van der Waals surface area contributed by atoms with Crippen LogP contribution in [0.2, 0.25) is 0 Å². The monoisotopic (exact) mass is 415 g/mol. The molecule has 0 bridgehead atoms. The van der Waals surface area contributed by atoms with E-state index in [2.05, 4.69) is 27.9 Å². The maximum absolute atomic E-state index is 12.0. The van der Waals surface area contributed by atoms with Crippen molar-refractivity contribution in [1.29, 1.82) is 0 Å². The Hall–Kier alpha value is -2.71. The molecule has 0 atom stereocenters. The molecular weight excluding hydrogens is 388 g/mol. The van der Waals surface area contributed by atoms with E-state index in [1.165, 1.54) is 21.9 Å². The molecule has 0 spiro atoms. The first-order valence-corrected chi connectivity index (χ1v) is 10.8. The molecule has 1 aromatic carbocycles. The molecule has 1 saturated heterocycles. The van der Waals surface area contributed by atoms with Crippen molar-refractivity contribution in [3.8, 4) is 0 Å². The smallest absolute Gasteiger partial charge is 0.244 e. The number of hydrazine groups is 1. The number of quaternary nitrogens is 1. The summed E-state index contributed by atoms with van der Waals surface area (Å²) in [6.45, 7) is 4.64. The average molecular weight is 416 g/mol. The van der Waals surface area contributed by atoms with E-state index in [9.17, 15) is 14.4 Å². The lowest BCUT2D eigenvalue weighted by molar-refractivity contribution is -0.900. The minimum atomic E-state index is -0.355. The molecular formula is C21H27N4O3S+. The number of hydrogen-bond donors (Lipinski definition) is 3. The lowest BCUT2D eigenvalue weighted by atomic mass is 10.2. The van der Waals surface area contributed by atoms with Crippen LogP contribution in [0.25, 0.3) is 0 Å². The quantitative estimate of drug-likeness (QED) is 0.437. The number of carbonyl (C=O) groups excluding carboxylic acids is 3. The molecule has 1 fully saturated rings. The summed E-state index contributed by atoms with van der Waals surface area (Å²) in [4.78, 5) is 40.1. The zero-order chi connectivity index (χ0) is 20.5. The van der Waals surface area contributed by atoms with Gasteiger partial charge in [-0.15, -0.1) is 11.3 Å². The van der Waals surface area contributed by atoms with E-state index < -0.39 is 0 Å². The first-order chi connectivity index (χ1) is 14.1. The number of para-hydroxylation sites is 1. The highest BCUT2D eigenvalue weighted by Gasteiger charge is 2.20. The van der Waals surface area contributed by atoms with E-state index in [0.29, 0.717) is 11.3 Å². The number of nitrogens with zero attached hydrogens (tertiary/aromatic N) is 1. The predicted molar refractivity (Wildman–Crippen MR) is 113 cm³/mol. The third-order valence-electron chi connectivity index (χ3n) is 5.01. The van der Waals surface area contributed by atoms with Crippen LogP contribution in [0, 0.1) is 0 Å². The number of benzene rings is 1. The van der Waals surface area contributed by atoms with Crippen molar-refractivity contribution in [3.63, 3.8) is 0 Å². The van der Waals surface area contributed by atoms with Crippen LogP contribution in [0.3, 0.4) is 0 Å². The van der Waals surface area contributed by atoms with Crippen molar-refractivity contribution < 1.29 is 19.3 Å². The summed E-state index contributed by atoms with van der Waals surface area (Å²) in [5.41, 5.74) is 6.08. The van der Waals surface area contributed by atoms with Gasteiger partial charge < -0.3 is 9.80 Å². The predicted octanol–water partition coefficient (Wildman–Crippen LogP) is 0.654. The Morgan fingerprint density at radius 3 is 2.24 bits per heavy atom. The summed E-state index contributed by atoms with van der Waals surface area (Å²) >= 11 is 1.36. The van der Waals surface area contributed by atoms with E-state index in [4.69, 9.17) is 0 Å². The van der Waals surface area contributed by atoms with Gasteiger partial charge in [-0.05, 0) is 23.6 Å². The lowest BCUT2D eigenvalue weighted by Crippen LogP contribution is -3.15. The maximum Gasteiger partial charge on any atom is 0.244 e. The minimum absolute atomic E-state index is 0.0558. The van der Waals surface area contributed by atoms with Gasteiger partial charge in [0, 0.05) is 18.5 Å². The number of amides is 2. The molecule has 1 aliphatic rings. The lowest BCUT2D eigenvalue weighted by Gasteiger charge is -2.33. The molecule has 29 heavy (non-hydrogen) atoms. The van der Waals surface area contributed by atoms with Gasteiger partial charge in [0.2, 0.25) is 11.8 Å². The van der Waals surface area contributed by atoms with Gasteiger partial charge in [0.15, 0.2) is 5.78 Å². The first-order valence-electron chi connectivity index (χ1n) is 9.90. The summed E-state index contributed by atoms with van der Waals surface area (Å²) in [7, 11) is 0. The largest absolute Gasteiger partial charge is 0.360 e. The Balaban J connectivity index is 1.27. The second-order valence-electron chi connectivity index (χ2n) is 7.07. The fraction of sp³-hybridized carbons (Fsp3) is 0.381. The van der Waals surface area contributed by atoms with Crippen molar-refractivity contribution in [3.05, 3.63) is 52.7 Å². The molecule has 2 heterocycles. The Kier molecular flexibility index (Phi) is 7.77. The Morgan fingerprint density at radius 2 is 1.59 bits per heavy atom. The number of piperazine rings is 1. The minimum Gasteiger partial charge on any atom is -0.360 e. The number of rotatable bonds is 8. The molecule has 2 amide bonds. The molecule has 1 aliphatic heterocycles. The highest BCUT2D eigenvalue weighted by atomic mass is 32.1. The van der Waals surface area contributed by atoms with E-state index in [1.807, 2.05) is 29.6 Å². The normalized spacial score (nSPS) is 14.4. The second kappa shape index (κ2) is 10.7. The molecule has 3 rings (SSSR count). The SMILES string of the molecule is O=C(CCC(=O)c1cccs1)NNC(=O)CC[NH+]1CCN(c2ccccc2)CC1. The molecule has 0 unspecified atom stereocenters. The maximum atomic E-state index is 12.0. The fourth-order valence-corrected chi connectivity index (χ4v) is 4.01. The van der Waals surface area contributed by atoms with Crippen LogP contribution < -0.4 is 20.7 Å². The first kappa shape index (κ1) is 21.0. The van der Waals surface area contributed by atoms with E-state index in [-0.39, 0.29) is 30.4 Å². The van der Waals surface area contributed by atoms with Crippen LogP contribution in [0.1, 0.15) is 28.9 Å². The number of nitrogens with one attached hydrogen (secondary N) is 3. The van der Waals surface area contributed by atoms with Crippen LogP contribution in [-0.2, 0) is 9.59 Å². The van der Waals surface area contributed by atoms with Gasteiger partial charge in [-0.25, -0.2) is 0 Å². The fourth-order valence-electron chi connectivity index (χ4n) is 3.31. The topological polar surface area (TPSA) is 83.0 Å². The number of ketones is 1. The van der Waals surface area contributed by atoms with E-state index in [1.54, 1.807) is 6.07 Å². The molecule has 3 N–H and O–H groups in total. The summed E-state index contributed by atoms with van der Waals surface area (Å²) < 4.78 is 0. The second-order valence-corrected chi connectivity index (χ2v) is 8.02. The molecule has 8 heteroatoms. The molecule has 0 saturated carbocycles. The number of Topliss-reactive ketones (excluding diaryl/α,β-unsaturated/α-hetero) is 1. The zero-order valence-corrected chi connectivity index (χ0v) is 17.2. The summed E-state index contributed by atoms with van der Waals surface area (Å²) in [6, 6.07) is 13.9. The molecule has 0 radical (unpaired) electrons. The van der Waals surface area contributed by atoms with Gasteiger partial charge in [-0.3, -0.25) is 25.2 Å². The van der Waals surface area contributed by atoms with Crippen molar-refractivity contribution in [2.75, 3.05) is 37.6 Å². The number of anilines is 1. The van der Waals surface area contributed by atoms with Gasteiger partial charge in [-0.1, -0.05) is 24.3 Å². The number of thiophene rings is 1. The van der Waals surface area contributed by atoms with Gasteiger partial charge in [0.25, 0.3) is 0 Å². The molecule has 1 aromatic heterocycles. The van der Waals surface area contributed by atoms with Crippen molar-refractivity contribution in [1.82, 2.24) is 10.9 Å². The summed E-state index contributed by atoms with van der Waals surface area (Å²) in [6.07, 6.45) is 0.552. The zero-order valence-electron chi connectivity index (χ0n) is 16.4. The highest BCUT2D eigenvalue weighted by molar-refractivity contribution is 7.12. The standard InChI is InChI=1S/C21H26N4O3S/c26-18(19-7-4-16-29-19)8-9-20(27)22-23-21(28)10-11-24-12-14-25(15-13-24)17-5-2-1-3-6-17/h1-7,16H,8-15H2,(H,22,27)(H,23,28)/p+1. The van der Waals surface area contributed by atoms with Crippen LogP contribution >= 0.6 is 11.3 Å².